The lowest BCUT2D eigenvalue weighted by atomic mass is 10.1. The van der Waals surface area contributed by atoms with Crippen molar-refractivity contribution in [3.05, 3.63) is 101 Å². The molecular weight excluding hydrogens is 646 g/mol. The average Bonchev–Trinajstić information content (AvgIpc) is 3.43. The molecule has 1 aliphatic rings. The second-order valence-electron chi connectivity index (χ2n) is 10.3. The quantitative estimate of drug-likeness (QED) is 0.126. The van der Waals surface area contributed by atoms with Gasteiger partial charge in [0.15, 0.2) is 11.6 Å². The third kappa shape index (κ3) is 7.10. The Labute approximate surface area is 264 Å². The Bertz CT molecular complexity index is 1810. The van der Waals surface area contributed by atoms with Gasteiger partial charge < -0.3 is 19.1 Å². The smallest absolute Gasteiger partial charge is 0.258 e. The molecule has 2 aromatic carbocycles. The van der Waals surface area contributed by atoms with Crippen LogP contribution in [0.3, 0.4) is 0 Å². The summed E-state index contributed by atoms with van der Waals surface area (Å²) < 4.78 is 46.5. The summed E-state index contributed by atoms with van der Waals surface area (Å²) in [5.74, 6) is 1.11. The number of morpholine rings is 1. The highest BCUT2D eigenvalue weighted by Crippen LogP contribution is 2.35. The molecule has 0 aliphatic carbocycles. The minimum Gasteiger partial charge on any atom is -0.490 e. The van der Waals surface area contributed by atoms with Crippen molar-refractivity contribution in [3.63, 3.8) is 0 Å². The number of hydrogen-bond donors (Lipinski definition) is 0. The van der Waals surface area contributed by atoms with Gasteiger partial charge in [0.2, 0.25) is 0 Å². The van der Waals surface area contributed by atoms with Crippen LogP contribution in [0.2, 0.25) is 0 Å². The van der Waals surface area contributed by atoms with Crippen LogP contribution in [-0.2, 0) is 31.9 Å². The van der Waals surface area contributed by atoms with Crippen LogP contribution in [0.25, 0.3) is 22.2 Å². The molecule has 12 heteroatoms. The fourth-order valence-electron chi connectivity index (χ4n) is 5.03. The molecule has 1 fully saturated rings. The van der Waals surface area contributed by atoms with Crippen LogP contribution < -0.4 is 9.64 Å². The molecule has 0 saturated carbocycles. The molecule has 3 aromatic heterocycles. The van der Waals surface area contributed by atoms with E-state index in [1.54, 1.807) is 24.4 Å². The van der Waals surface area contributed by atoms with Gasteiger partial charge in [-0.2, -0.15) is 9.19 Å². The number of nitrogens with zero attached hydrogens (tertiary/aromatic N) is 5. The normalized spacial score (nSPS) is 13.8. The molecule has 6 rings (SSSR count). The van der Waals surface area contributed by atoms with E-state index in [1.165, 1.54) is 6.20 Å². The second kappa shape index (κ2) is 13.9. The molecule has 44 heavy (non-hydrogen) atoms. The van der Waals surface area contributed by atoms with E-state index in [9.17, 15) is 8.42 Å². The van der Waals surface area contributed by atoms with Crippen molar-refractivity contribution in [1.29, 1.82) is 0 Å². The number of halogens is 1. The van der Waals surface area contributed by atoms with E-state index in [1.807, 2.05) is 54.6 Å². The molecular formula is C32H32BrN5O5S. The van der Waals surface area contributed by atoms with Gasteiger partial charge in [0.05, 0.1) is 45.0 Å². The summed E-state index contributed by atoms with van der Waals surface area (Å²) in [6.45, 7) is 4.10. The molecule has 5 aromatic rings. The van der Waals surface area contributed by atoms with Crippen molar-refractivity contribution in [3.8, 4) is 17.0 Å². The summed E-state index contributed by atoms with van der Waals surface area (Å²) in [5.41, 5.74) is 3.28. The fraction of sp³-hybridized carbons (Fsp3) is 0.281. The maximum atomic E-state index is 13.6. The minimum atomic E-state index is -3.86. The Hall–Kier alpha value is -3.84. The van der Waals surface area contributed by atoms with Crippen LogP contribution in [0, 0.1) is 0 Å². The minimum absolute atomic E-state index is 0.199. The zero-order valence-electron chi connectivity index (χ0n) is 24.0. The summed E-state index contributed by atoms with van der Waals surface area (Å²) >= 11 is 3.43. The molecule has 0 atom stereocenters. The van der Waals surface area contributed by atoms with Crippen LogP contribution in [-0.4, -0.2) is 67.1 Å². The molecule has 0 amide bonds. The number of hydrogen-bond acceptors (Lipinski definition) is 9. The monoisotopic (exact) mass is 677 g/mol. The van der Waals surface area contributed by atoms with E-state index in [0.29, 0.717) is 96.4 Å². The predicted octanol–water partition coefficient (Wildman–Crippen LogP) is 5.46. The van der Waals surface area contributed by atoms with Gasteiger partial charge in [0, 0.05) is 36.7 Å². The van der Waals surface area contributed by atoms with E-state index in [0.717, 1.165) is 9.65 Å². The fourth-order valence-corrected chi connectivity index (χ4v) is 6.75. The van der Waals surface area contributed by atoms with Gasteiger partial charge in [-0.15, -0.1) is 0 Å². The van der Waals surface area contributed by atoms with E-state index in [2.05, 4.69) is 30.9 Å². The van der Waals surface area contributed by atoms with Crippen LogP contribution in [0.1, 0.15) is 17.5 Å². The Morgan fingerprint density at radius 3 is 2.36 bits per heavy atom. The number of anilines is 1. The lowest BCUT2D eigenvalue weighted by Crippen LogP contribution is -2.37. The lowest BCUT2D eigenvalue weighted by molar-refractivity contribution is 0.107. The van der Waals surface area contributed by atoms with Crippen LogP contribution in [0.15, 0.2) is 89.8 Å². The second-order valence-corrected chi connectivity index (χ2v) is 13.0. The van der Waals surface area contributed by atoms with Gasteiger partial charge in [-0.05, 0) is 39.2 Å². The maximum Gasteiger partial charge on any atom is 0.258 e. The van der Waals surface area contributed by atoms with Crippen molar-refractivity contribution in [2.75, 3.05) is 44.4 Å². The van der Waals surface area contributed by atoms with Crippen LogP contribution in [0.5, 0.6) is 5.75 Å². The molecule has 0 radical (unpaired) electrons. The third-order valence-corrected chi connectivity index (χ3v) is 9.11. The summed E-state index contributed by atoms with van der Waals surface area (Å²) in [6.07, 6.45) is 3.92. The summed E-state index contributed by atoms with van der Waals surface area (Å²) in [7, 11) is -3.86. The number of rotatable bonds is 12. The third-order valence-electron chi connectivity index (χ3n) is 7.18. The van der Waals surface area contributed by atoms with Crippen molar-refractivity contribution >= 4 is 42.7 Å². The molecule has 1 aliphatic heterocycles. The first kappa shape index (κ1) is 30.2. The van der Waals surface area contributed by atoms with Crippen molar-refractivity contribution in [1.82, 2.24) is 19.2 Å². The van der Waals surface area contributed by atoms with Gasteiger partial charge >= 0.3 is 0 Å². The van der Waals surface area contributed by atoms with Crippen molar-refractivity contribution < 1.29 is 22.6 Å². The van der Waals surface area contributed by atoms with E-state index in [-0.39, 0.29) is 5.75 Å². The molecule has 4 heterocycles. The number of pyridine rings is 2. The molecule has 0 spiro atoms. The average molecular weight is 679 g/mol. The van der Waals surface area contributed by atoms with E-state index < -0.39 is 10.0 Å². The SMILES string of the molecule is O=S(=O)(Cc1ccccc1)n1nc(-c2cnc(N3CCOCC3)c(OCCCOCc3ccccc3)c2)c2cc(Br)ncc21. The first-order chi connectivity index (χ1) is 21.5. The molecule has 0 unspecified atom stereocenters. The number of ether oxygens (including phenoxy) is 3. The Kier molecular flexibility index (Phi) is 9.51. The van der Waals surface area contributed by atoms with E-state index >= 15 is 0 Å². The predicted molar refractivity (Wildman–Crippen MR) is 172 cm³/mol. The molecule has 228 valence electrons. The number of aromatic nitrogens is 4. The van der Waals surface area contributed by atoms with Gasteiger partial charge in [-0.1, -0.05) is 60.7 Å². The highest BCUT2D eigenvalue weighted by molar-refractivity contribution is 9.10. The van der Waals surface area contributed by atoms with Gasteiger partial charge in [-0.3, -0.25) is 0 Å². The van der Waals surface area contributed by atoms with Gasteiger partial charge in [-0.25, -0.2) is 18.4 Å². The van der Waals surface area contributed by atoms with Crippen molar-refractivity contribution in [2.45, 2.75) is 18.8 Å². The summed E-state index contributed by atoms with van der Waals surface area (Å²) in [6, 6.07) is 22.7. The molecule has 10 nitrogen and oxygen atoms in total. The Morgan fingerprint density at radius 1 is 0.886 bits per heavy atom. The Balaban J connectivity index is 1.28. The molecule has 0 bridgehead atoms. The topological polar surface area (TPSA) is 109 Å². The standard InChI is InChI=1S/C32H32BrN5O5S/c33-30-19-27-28(21-34-30)38(44(39,40)23-25-10-5-2-6-11-25)36-31(27)26-18-29(32(35-20-26)37-12-16-41-17-13-37)43-15-7-14-42-22-24-8-3-1-4-9-24/h1-6,8-11,18-21H,7,12-17,22-23H2. The van der Waals surface area contributed by atoms with Gasteiger partial charge in [0.1, 0.15) is 15.8 Å². The highest BCUT2D eigenvalue weighted by atomic mass is 79.9. The van der Waals surface area contributed by atoms with Crippen LogP contribution >= 0.6 is 15.9 Å². The van der Waals surface area contributed by atoms with Crippen molar-refractivity contribution in [2.24, 2.45) is 0 Å². The zero-order valence-corrected chi connectivity index (χ0v) is 26.4. The maximum absolute atomic E-state index is 13.6. The first-order valence-electron chi connectivity index (χ1n) is 14.4. The Morgan fingerprint density at radius 2 is 1.61 bits per heavy atom. The highest BCUT2D eigenvalue weighted by Gasteiger charge is 2.25. The number of fused-ring (bicyclic) bond motifs is 1. The lowest BCUT2D eigenvalue weighted by Gasteiger charge is -2.29. The van der Waals surface area contributed by atoms with Crippen LogP contribution in [0.4, 0.5) is 5.82 Å². The zero-order chi connectivity index (χ0) is 30.4. The number of benzene rings is 2. The van der Waals surface area contributed by atoms with Gasteiger partial charge in [0.25, 0.3) is 10.0 Å². The summed E-state index contributed by atoms with van der Waals surface area (Å²) in [4.78, 5) is 11.2. The molecule has 1 saturated heterocycles. The molecule has 0 N–H and O–H groups in total. The largest absolute Gasteiger partial charge is 0.490 e. The first-order valence-corrected chi connectivity index (χ1v) is 16.8. The summed E-state index contributed by atoms with van der Waals surface area (Å²) in [5, 5.41) is 5.25. The van der Waals surface area contributed by atoms with E-state index in [4.69, 9.17) is 19.2 Å².